The van der Waals surface area contributed by atoms with Crippen LogP contribution in [0.4, 0.5) is 4.39 Å². The first-order valence-corrected chi connectivity index (χ1v) is 9.40. The molecule has 0 spiro atoms. The van der Waals surface area contributed by atoms with E-state index in [1.807, 2.05) is 12.1 Å². The third-order valence-electron chi connectivity index (χ3n) is 4.48. The molecule has 152 valence electrons. The van der Waals surface area contributed by atoms with Crippen LogP contribution in [0, 0.1) is 5.82 Å². The van der Waals surface area contributed by atoms with Crippen LogP contribution in [-0.2, 0) is 11.2 Å². The summed E-state index contributed by atoms with van der Waals surface area (Å²) in [6.45, 7) is 0.883. The number of H-pyrrole nitrogens is 1. The molecule has 1 heterocycles. The van der Waals surface area contributed by atoms with Gasteiger partial charge in [-0.05, 0) is 60.7 Å². The molecule has 3 aromatic rings. The number of nitrogens with one attached hydrogen (secondary N) is 2. The van der Waals surface area contributed by atoms with Crippen LogP contribution in [0.15, 0.2) is 53.3 Å². The van der Waals surface area contributed by atoms with Crippen LogP contribution in [-0.4, -0.2) is 31.2 Å². The number of methoxy groups -OCH3 is 1. The van der Waals surface area contributed by atoms with Crippen LogP contribution in [0.3, 0.4) is 0 Å². The van der Waals surface area contributed by atoms with Gasteiger partial charge in [-0.2, -0.15) is 0 Å². The molecule has 0 atom stereocenters. The van der Waals surface area contributed by atoms with E-state index in [1.54, 1.807) is 31.4 Å². The molecule has 0 aliphatic rings. The number of amides is 1. The second kappa shape index (κ2) is 9.73. The molecule has 0 saturated carbocycles. The third kappa shape index (κ3) is 5.81. The number of hydrogen-bond acceptors (Lipinski definition) is 4. The lowest BCUT2D eigenvalue weighted by molar-refractivity contribution is -0.121. The summed E-state index contributed by atoms with van der Waals surface area (Å²) in [7, 11) is 1.57. The molecular formula is C22H23FN2O4. The zero-order valence-corrected chi connectivity index (χ0v) is 16.2. The van der Waals surface area contributed by atoms with E-state index in [2.05, 4.69) is 10.3 Å². The Kier molecular flexibility index (Phi) is 6.84. The Morgan fingerprint density at radius 2 is 1.86 bits per heavy atom. The monoisotopic (exact) mass is 398 g/mol. The highest BCUT2D eigenvalue weighted by Gasteiger charge is 2.07. The highest BCUT2D eigenvalue weighted by molar-refractivity contribution is 5.81. The van der Waals surface area contributed by atoms with Crippen molar-refractivity contribution in [2.45, 2.75) is 19.3 Å². The van der Waals surface area contributed by atoms with Gasteiger partial charge in [-0.15, -0.1) is 0 Å². The van der Waals surface area contributed by atoms with Crippen LogP contribution >= 0.6 is 0 Å². The number of pyridine rings is 1. The molecule has 0 aliphatic heterocycles. The molecule has 0 fully saturated rings. The number of aryl methyl sites for hydroxylation is 1. The zero-order chi connectivity index (χ0) is 20.6. The van der Waals surface area contributed by atoms with Crippen molar-refractivity contribution in [3.63, 3.8) is 0 Å². The molecule has 0 radical (unpaired) electrons. The quantitative estimate of drug-likeness (QED) is 0.543. The number of carbonyl (C=O) groups is 1. The number of rotatable bonds is 9. The standard InChI is InChI=1S/C22H23FN2O4/c1-28-19-7-3-15-13-16(22(27)25-20(15)14-19)4-10-21(26)24-11-2-12-29-18-8-5-17(23)6-9-18/h3,5-9,13-14H,2,4,10-12H2,1H3,(H,24,26)(H,25,27). The average molecular weight is 398 g/mol. The first-order valence-electron chi connectivity index (χ1n) is 9.40. The van der Waals surface area contributed by atoms with E-state index in [1.165, 1.54) is 12.1 Å². The molecule has 0 bridgehead atoms. The first kappa shape index (κ1) is 20.4. The van der Waals surface area contributed by atoms with Crippen molar-refractivity contribution in [3.8, 4) is 11.5 Å². The summed E-state index contributed by atoms with van der Waals surface area (Å²) in [5.74, 6) is 0.824. The largest absolute Gasteiger partial charge is 0.497 e. The summed E-state index contributed by atoms with van der Waals surface area (Å²) in [6, 6.07) is 13.1. The molecule has 2 N–H and O–H groups in total. The first-order chi connectivity index (χ1) is 14.0. The van der Waals surface area contributed by atoms with E-state index in [0.29, 0.717) is 48.6 Å². The van der Waals surface area contributed by atoms with Gasteiger partial charge in [0.05, 0.1) is 19.2 Å². The Hall–Kier alpha value is -3.35. The Labute approximate surface area is 167 Å². The van der Waals surface area contributed by atoms with Gasteiger partial charge in [0.2, 0.25) is 5.91 Å². The van der Waals surface area contributed by atoms with E-state index >= 15 is 0 Å². The van der Waals surface area contributed by atoms with E-state index in [4.69, 9.17) is 9.47 Å². The van der Waals surface area contributed by atoms with Gasteiger partial charge in [0.25, 0.3) is 5.56 Å². The van der Waals surface area contributed by atoms with Crippen molar-refractivity contribution < 1.29 is 18.7 Å². The minimum absolute atomic E-state index is 0.124. The summed E-state index contributed by atoms with van der Waals surface area (Å²) in [4.78, 5) is 27.1. The lowest BCUT2D eigenvalue weighted by atomic mass is 10.1. The van der Waals surface area contributed by atoms with Crippen molar-refractivity contribution in [1.29, 1.82) is 0 Å². The maximum absolute atomic E-state index is 12.8. The number of hydrogen-bond donors (Lipinski definition) is 2. The van der Waals surface area contributed by atoms with Gasteiger partial charge in [-0.1, -0.05) is 0 Å². The molecular weight excluding hydrogens is 375 g/mol. The lowest BCUT2D eigenvalue weighted by Crippen LogP contribution is -2.26. The van der Waals surface area contributed by atoms with Gasteiger partial charge in [0.1, 0.15) is 17.3 Å². The number of halogens is 1. The minimum atomic E-state index is -0.311. The minimum Gasteiger partial charge on any atom is -0.497 e. The number of benzene rings is 2. The van der Waals surface area contributed by atoms with Gasteiger partial charge in [-0.3, -0.25) is 9.59 Å². The Balaban J connectivity index is 1.42. The van der Waals surface area contributed by atoms with Gasteiger partial charge in [0, 0.05) is 24.6 Å². The fraction of sp³-hybridized carbons (Fsp3) is 0.273. The maximum Gasteiger partial charge on any atom is 0.251 e. The van der Waals surface area contributed by atoms with E-state index < -0.39 is 0 Å². The van der Waals surface area contributed by atoms with Crippen molar-refractivity contribution in [2.24, 2.45) is 0 Å². The predicted molar refractivity (Wildman–Crippen MR) is 109 cm³/mol. The van der Waals surface area contributed by atoms with E-state index in [-0.39, 0.29) is 23.7 Å². The highest BCUT2D eigenvalue weighted by Crippen LogP contribution is 2.18. The molecule has 6 nitrogen and oxygen atoms in total. The Bertz CT molecular complexity index is 1030. The fourth-order valence-corrected chi connectivity index (χ4v) is 2.90. The van der Waals surface area contributed by atoms with Crippen molar-refractivity contribution in [2.75, 3.05) is 20.3 Å². The lowest BCUT2D eigenvalue weighted by Gasteiger charge is -2.08. The van der Waals surface area contributed by atoms with Crippen LogP contribution < -0.4 is 20.3 Å². The molecule has 0 aliphatic carbocycles. The summed E-state index contributed by atoms with van der Waals surface area (Å²) in [5, 5.41) is 3.70. The topological polar surface area (TPSA) is 80.4 Å². The highest BCUT2D eigenvalue weighted by atomic mass is 19.1. The molecule has 0 saturated heterocycles. The van der Waals surface area contributed by atoms with E-state index in [0.717, 1.165) is 5.39 Å². The normalized spacial score (nSPS) is 10.7. The third-order valence-corrected chi connectivity index (χ3v) is 4.48. The number of carbonyl (C=O) groups excluding carboxylic acids is 1. The van der Waals surface area contributed by atoms with Crippen LogP contribution in [0.1, 0.15) is 18.4 Å². The maximum atomic E-state index is 12.8. The van der Waals surface area contributed by atoms with Crippen LogP contribution in [0.2, 0.25) is 0 Å². The predicted octanol–water partition coefficient (Wildman–Crippen LogP) is 3.19. The summed E-state index contributed by atoms with van der Waals surface area (Å²) in [5.41, 5.74) is 1.06. The van der Waals surface area contributed by atoms with Gasteiger partial charge < -0.3 is 19.8 Å². The smallest absolute Gasteiger partial charge is 0.251 e. The van der Waals surface area contributed by atoms with Crippen molar-refractivity contribution in [1.82, 2.24) is 10.3 Å². The number of aromatic amines is 1. The average Bonchev–Trinajstić information content (AvgIpc) is 2.73. The van der Waals surface area contributed by atoms with Gasteiger partial charge >= 0.3 is 0 Å². The number of ether oxygens (including phenoxy) is 2. The SMILES string of the molecule is COc1ccc2cc(CCC(=O)NCCCOc3ccc(F)cc3)c(=O)[nH]c2c1. The summed E-state index contributed by atoms with van der Waals surface area (Å²) in [6.07, 6.45) is 1.21. The molecule has 0 unspecified atom stereocenters. The van der Waals surface area contributed by atoms with Crippen LogP contribution in [0.25, 0.3) is 10.9 Å². The molecule has 29 heavy (non-hydrogen) atoms. The fourth-order valence-electron chi connectivity index (χ4n) is 2.90. The Morgan fingerprint density at radius 3 is 2.62 bits per heavy atom. The molecule has 1 amide bonds. The van der Waals surface area contributed by atoms with Gasteiger partial charge in [-0.25, -0.2) is 4.39 Å². The van der Waals surface area contributed by atoms with E-state index in [9.17, 15) is 14.0 Å². The molecule has 2 aromatic carbocycles. The Morgan fingerprint density at radius 1 is 1.10 bits per heavy atom. The summed E-state index contributed by atoms with van der Waals surface area (Å²) < 4.78 is 23.4. The summed E-state index contributed by atoms with van der Waals surface area (Å²) >= 11 is 0. The number of fused-ring (bicyclic) bond motifs is 1. The van der Waals surface area contributed by atoms with Crippen molar-refractivity contribution >= 4 is 16.8 Å². The molecule has 1 aromatic heterocycles. The van der Waals surface area contributed by atoms with Gasteiger partial charge in [0.15, 0.2) is 0 Å². The second-order valence-corrected chi connectivity index (χ2v) is 6.58. The van der Waals surface area contributed by atoms with Crippen LogP contribution in [0.5, 0.6) is 11.5 Å². The molecule has 3 rings (SSSR count). The zero-order valence-electron chi connectivity index (χ0n) is 16.2. The molecule has 7 heteroatoms. The van der Waals surface area contributed by atoms with Crippen molar-refractivity contribution in [3.05, 3.63) is 70.3 Å². The second-order valence-electron chi connectivity index (χ2n) is 6.58. The number of aromatic nitrogens is 1.